The molecule has 100 valence electrons. The average molecular weight is 239 g/mol. The van der Waals surface area contributed by atoms with Crippen LogP contribution in [-0.4, -0.2) is 62.2 Å². The van der Waals surface area contributed by atoms with Crippen LogP contribution >= 0.6 is 0 Å². The Morgan fingerprint density at radius 1 is 1.24 bits per heavy atom. The fourth-order valence-electron chi connectivity index (χ4n) is 3.44. The Kier molecular flexibility index (Phi) is 4.83. The molecule has 0 aromatic rings. The standard InChI is InChI=1S/C14H29N3/c1-12-6-4-5-9-17(12)11-13-7-8-15-10-14(13)16(2)3/h12-15H,4-11H2,1-3H3. The fraction of sp³-hybridized carbons (Fsp3) is 1.00. The van der Waals surface area contributed by atoms with Crippen molar-refractivity contribution >= 4 is 0 Å². The minimum absolute atomic E-state index is 0.720. The molecule has 2 saturated heterocycles. The highest BCUT2D eigenvalue weighted by Gasteiger charge is 2.30. The summed E-state index contributed by atoms with van der Waals surface area (Å²) in [6.07, 6.45) is 5.58. The molecule has 2 aliphatic rings. The molecular weight excluding hydrogens is 210 g/mol. The number of nitrogens with one attached hydrogen (secondary N) is 1. The molecule has 2 aliphatic heterocycles. The molecule has 0 aromatic carbocycles. The second-order valence-corrected chi connectivity index (χ2v) is 6.12. The Morgan fingerprint density at radius 2 is 2.06 bits per heavy atom. The predicted molar refractivity (Wildman–Crippen MR) is 73.3 cm³/mol. The van der Waals surface area contributed by atoms with Gasteiger partial charge in [-0.05, 0) is 59.3 Å². The van der Waals surface area contributed by atoms with Crippen LogP contribution in [0.5, 0.6) is 0 Å². The summed E-state index contributed by atoms with van der Waals surface area (Å²) in [5, 5.41) is 3.53. The fourth-order valence-corrected chi connectivity index (χ4v) is 3.44. The Balaban J connectivity index is 1.90. The highest BCUT2D eigenvalue weighted by Crippen LogP contribution is 2.23. The minimum atomic E-state index is 0.720. The van der Waals surface area contributed by atoms with Crippen molar-refractivity contribution < 1.29 is 0 Å². The van der Waals surface area contributed by atoms with Crippen molar-refractivity contribution in [2.45, 2.75) is 44.7 Å². The van der Waals surface area contributed by atoms with E-state index in [1.54, 1.807) is 0 Å². The van der Waals surface area contributed by atoms with Crippen LogP contribution in [0.4, 0.5) is 0 Å². The van der Waals surface area contributed by atoms with Crippen LogP contribution in [0.3, 0.4) is 0 Å². The molecule has 0 spiro atoms. The second-order valence-electron chi connectivity index (χ2n) is 6.12. The lowest BCUT2D eigenvalue weighted by Crippen LogP contribution is -2.53. The Bertz CT molecular complexity index is 230. The van der Waals surface area contributed by atoms with E-state index < -0.39 is 0 Å². The van der Waals surface area contributed by atoms with Crippen LogP contribution < -0.4 is 5.32 Å². The first-order chi connectivity index (χ1) is 8.18. The first-order valence-electron chi connectivity index (χ1n) is 7.29. The zero-order valence-electron chi connectivity index (χ0n) is 11.8. The molecule has 3 heteroatoms. The van der Waals surface area contributed by atoms with Gasteiger partial charge < -0.3 is 15.1 Å². The second kappa shape index (κ2) is 6.17. The van der Waals surface area contributed by atoms with E-state index in [4.69, 9.17) is 0 Å². The lowest BCUT2D eigenvalue weighted by molar-refractivity contribution is 0.0836. The smallest absolute Gasteiger partial charge is 0.0255 e. The summed E-state index contributed by atoms with van der Waals surface area (Å²) >= 11 is 0. The molecular formula is C14H29N3. The van der Waals surface area contributed by atoms with Crippen molar-refractivity contribution in [3.63, 3.8) is 0 Å². The van der Waals surface area contributed by atoms with Crippen LogP contribution in [-0.2, 0) is 0 Å². The summed E-state index contributed by atoms with van der Waals surface area (Å²) in [5.74, 6) is 0.854. The van der Waals surface area contributed by atoms with Gasteiger partial charge in [0.25, 0.3) is 0 Å². The van der Waals surface area contributed by atoms with Crippen LogP contribution in [0.1, 0.15) is 32.6 Å². The van der Waals surface area contributed by atoms with E-state index in [1.165, 1.54) is 51.9 Å². The van der Waals surface area contributed by atoms with Gasteiger partial charge in [0.2, 0.25) is 0 Å². The van der Waals surface area contributed by atoms with Gasteiger partial charge in [0.1, 0.15) is 0 Å². The maximum Gasteiger partial charge on any atom is 0.0255 e. The molecule has 1 N–H and O–H groups in total. The van der Waals surface area contributed by atoms with Gasteiger partial charge in [0.15, 0.2) is 0 Å². The number of likely N-dealkylation sites (tertiary alicyclic amines) is 1. The van der Waals surface area contributed by atoms with Crippen LogP contribution in [0.15, 0.2) is 0 Å². The van der Waals surface area contributed by atoms with E-state index in [-0.39, 0.29) is 0 Å². The third-order valence-electron chi connectivity index (χ3n) is 4.66. The normalized spacial score (nSPS) is 36.4. The van der Waals surface area contributed by atoms with E-state index in [1.807, 2.05) is 0 Å². The quantitative estimate of drug-likeness (QED) is 0.803. The molecule has 0 aliphatic carbocycles. The van der Waals surface area contributed by atoms with Crippen molar-refractivity contribution in [3.05, 3.63) is 0 Å². The molecule has 3 atom stereocenters. The first kappa shape index (κ1) is 13.3. The molecule has 0 aromatic heterocycles. The molecule has 0 amide bonds. The number of nitrogens with zero attached hydrogens (tertiary/aromatic N) is 2. The molecule has 3 unspecified atom stereocenters. The predicted octanol–water partition coefficient (Wildman–Crippen LogP) is 1.40. The highest BCUT2D eigenvalue weighted by atomic mass is 15.2. The van der Waals surface area contributed by atoms with Gasteiger partial charge in [0.05, 0.1) is 0 Å². The number of hydrogen-bond acceptors (Lipinski definition) is 3. The Labute approximate surface area is 107 Å². The number of rotatable bonds is 3. The van der Waals surface area contributed by atoms with Crippen LogP contribution in [0.25, 0.3) is 0 Å². The van der Waals surface area contributed by atoms with E-state index in [0.717, 1.165) is 18.0 Å². The van der Waals surface area contributed by atoms with Crippen molar-refractivity contribution in [2.75, 3.05) is 40.3 Å². The summed E-state index contributed by atoms with van der Waals surface area (Å²) < 4.78 is 0. The van der Waals surface area contributed by atoms with Gasteiger partial charge in [-0.1, -0.05) is 6.42 Å². The molecule has 0 radical (unpaired) electrons. The Hall–Kier alpha value is -0.120. The summed E-state index contributed by atoms with van der Waals surface area (Å²) in [4.78, 5) is 5.14. The van der Waals surface area contributed by atoms with E-state index >= 15 is 0 Å². The number of piperidine rings is 2. The summed E-state index contributed by atoms with van der Waals surface area (Å²) in [6.45, 7) is 7.42. The number of likely N-dealkylation sites (N-methyl/N-ethyl adjacent to an activating group) is 1. The largest absolute Gasteiger partial charge is 0.315 e. The van der Waals surface area contributed by atoms with Gasteiger partial charge in [-0.3, -0.25) is 0 Å². The molecule has 0 saturated carbocycles. The van der Waals surface area contributed by atoms with Gasteiger partial charge in [0, 0.05) is 25.2 Å². The zero-order chi connectivity index (χ0) is 12.3. The average Bonchev–Trinajstić information content (AvgIpc) is 2.32. The third kappa shape index (κ3) is 3.43. The van der Waals surface area contributed by atoms with Gasteiger partial charge in [-0.15, -0.1) is 0 Å². The molecule has 0 bridgehead atoms. The number of hydrogen-bond donors (Lipinski definition) is 1. The van der Waals surface area contributed by atoms with E-state index in [0.29, 0.717) is 0 Å². The van der Waals surface area contributed by atoms with Crippen LogP contribution in [0, 0.1) is 5.92 Å². The lowest BCUT2D eigenvalue weighted by Gasteiger charge is -2.42. The van der Waals surface area contributed by atoms with Gasteiger partial charge in [-0.2, -0.15) is 0 Å². The van der Waals surface area contributed by atoms with E-state index in [2.05, 4.69) is 36.1 Å². The van der Waals surface area contributed by atoms with Crippen LogP contribution in [0.2, 0.25) is 0 Å². The maximum atomic E-state index is 3.53. The monoisotopic (exact) mass is 239 g/mol. The summed E-state index contributed by atoms with van der Waals surface area (Å²) in [6, 6.07) is 1.53. The lowest BCUT2D eigenvalue weighted by atomic mass is 9.90. The highest BCUT2D eigenvalue weighted by molar-refractivity contribution is 4.87. The molecule has 3 nitrogen and oxygen atoms in total. The van der Waals surface area contributed by atoms with Crippen molar-refractivity contribution in [2.24, 2.45) is 5.92 Å². The Morgan fingerprint density at radius 3 is 2.76 bits per heavy atom. The van der Waals surface area contributed by atoms with Crippen molar-refractivity contribution in [1.82, 2.24) is 15.1 Å². The topological polar surface area (TPSA) is 18.5 Å². The first-order valence-corrected chi connectivity index (χ1v) is 7.29. The molecule has 2 fully saturated rings. The van der Waals surface area contributed by atoms with Gasteiger partial charge in [-0.25, -0.2) is 0 Å². The van der Waals surface area contributed by atoms with Crippen molar-refractivity contribution in [3.8, 4) is 0 Å². The van der Waals surface area contributed by atoms with Crippen molar-refractivity contribution in [1.29, 1.82) is 0 Å². The molecule has 17 heavy (non-hydrogen) atoms. The zero-order valence-corrected chi connectivity index (χ0v) is 11.8. The SMILES string of the molecule is CC1CCCCN1CC1CCNCC1N(C)C. The molecule has 2 rings (SSSR count). The molecule has 2 heterocycles. The van der Waals surface area contributed by atoms with E-state index in [9.17, 15) is 0 Å². The summed E-state index contributed by atoms with van der Waals surface area (Å²) in [5.41, 5.74) is 0. The minimum Gasteiger partial charge on any atom is -0.315 e. The third-order valence-corrected chi connectivity index (χ3v) is 4.66. The summed E-state index contributed by atoms with van der Waals surface area (Å²) in [7, 11) is 4.45. The van der Waals surface area contributed by atoms with Gasteiger partial charge >= 0.3 is 0 Å². The maximum absolute atomic E-state index is 3.53.